The molecule has 0 aliphatic heterocycles. The highest BCUT2D eigenvalue weighted by atomic mass is 32.1. The molecule has 3 aromatic rings. The van der Waals surface area contributed by atoms with E-state index in [0.717, 1.165) is 28.0 Å². The summed E-state index contributed by atoms with van der Waals surface area (Å²) in [4.78, 5) is 7.53. The van der Waals surface area contributed by atoms with Crippen LogP contribution in [0.5, 0.6) is 5.75 Å². The molecule has 3 rings (SSSR count). The second-order valence-electron chi connectivity index (χ2n) is 4.68. The van der Waals surface area contributed by atoms with E-state index in [4.69, 9.17) is 17.0 Å². The monoisotopic (exact) mass is 285 g/mol. The Balaban J connectivity index is 2.10. The highest BCUT2D eigenvalue weighted by molar-refractivity contribution is 7.71. The van der Waals surface area contributed by atoms with Crippen molar-refractivity contribution in [2.24, 2.45) is 0 Å². The Hall–Kier alpha value is -2.14. The Morgan fingerprint density at radius 3 is 2.85 bits per heavy atom. The van der Waals surface area contributed by atoms with Crippen LogP contribution in [0.25, 0.3) is 11.0 Å². The fraction of sp³-hybridized carbons (Fsp3) is 0.200. The van der Waals surface area contributed by atoms with Crippen LogP contribution in [-0.2, 0) is 6.54 Å². The van der Waals surface area contributed by atoms with Crippen LogP contribution < -0.4 is 4.74 Å². The lowest BCUT2D eigenvalue weighted by Gasteiger charge is -2.06. The number of nitrogens with one attached hydrogen (secondary N) is 1. The molecule has 102 valence electrons. The summed E-state index contributed by atoms with van der Waals surface area (Å²) in [5.74, 6) is 0.800. The topological polar surface area (TPSA) is 42.8 Å². The minimum Gasteiger partial charge on any atom is -0.494 e. The molecule has 4 nitrogen and oxygen atoms in total. The van der Waals surface area contributed by atoms with Gasteiger partial charge in [0.05, 0.1) is 19.2 Å². The number of fused-ring (bicyclic) bond motifs is 1. The molecule has 0 atom stereocenters. The van der Waals surface area contributed by atoms with Crippen LogP contribution in [0.3, 0.4) is 0 Å². The predicted octanol–water partition coefficient (Wildman–Crippen LogP) is 3.46. The van der Waals surface area contributed by atoms with Crippen LogP contribution >= 0.6 is 12.2 Å². The number of hydrogen-bond donors (Lipinski definition) is 1. The van der Waals surface area contributed by atoms with Gasteiger partial charge in [0.15, 0.2) is 4.77 Å². The first kappa shape index (κ1) is 12.9. The lowest BCUT2D eigenvalue weighted by atomic mass is 10.2. The van der Waals surface area contributed by atoms with E-state index in [0.29, 0.717) is 11.3 Å². The first-order valence-corrected chi connectivity index (χ1v) is 6.77. The van der Waals surface area contributed by atoms with Gasteiger partial charge in [-0.3, -0.25) is 4.98 Å². The third-order valence-corrected chi connectivity index (χ3v) is 3.63. The fourth-order valence-electron chi connectivity index (χ4n) is 2.26. The molecular weight excluding hydrogens is 270 g/mol. The number of nitrogens with zero attached hydrogens (tertiary/aromatic N) is 2. The second-order valence-corrected chi connectivity index (χ2v) is 5.07. The molecule has 0 aliphatic rings. The van der Waals surface area contributed by atoms with E-state index < -0.39 is 0 Å². The number of para-hydroxylation sites is 1. The zero-order chi connectivity index (χ0) is 14.1. The van der Waals surface area contributed by atoms with Crippen molar-refractivity contribution in [2.75, 3.05) is 7.11 Å². The van der Waals surface area contributed by atoms with Crippen molar-refractivity contribution in [3.05, 3.63) is 52.6 Å². The van der Waals surface area contributed by atoms with Gasteiger partial charge in [-0.05, 0) is 42.9 Å². The number of hydrogen-bond acceptors (Lipinski definition) is 3. The molecule has 2 heterocycles. The van der Waals surface area contributed by atoms with Crippen LogP contribution in [-0.4, -0.2) is 21.6 Å². The minimum atomic E-state index is 0.685. The lowest BCUT2D eigenvalue weighted by Crippen LogP contribution is -2.00. The van der Waals surface area contributed by atoms with Crippen molar-refractivity contribution >= 4 is 23.3 Å². The highest BCUT2D eigenvalue weighted by Gasteiger charge is 2.09. The van der Waals surface area contributed by atoms with Crippen LogP contribution in [0.15, 0.2) is 36.5 Å². The van der Waals surface area contributed by atoms with Crippen LogP contribution in [0, 0.1) is 11.7 Å². The molecule has 2 aromatic heterocycles. The summed E-state index contributed by atoms with van der Waals surface area (Å²) in [5.41, 5.74) is 4.10. The maximum absolute atomic E-state index is 5.42. The summed E-state index contributed by atoms with van der Waals surface area (Å²) >= 11 is 5.42. The molecule has 0 fully saturated rings. The summed E-state index contributed by atoms with van der Waals surface area (Å²) in [6.07, 6.45) is 1.89. The van der Waals surface area contributed by atoms with Gasteiger partial charge in [0.2, 0.25) is 0 Å². The normalized spacial score (nSPS) is 10.9. The molecule has 0 saturated carbocycles. The molecule has 1 aromatic carbocycles. The van der Waals surface area contributed by atoms with Gasteiger partial charge in [-0.2, -0.15) is 0 Å². The van der Waals surface area contributed by atoms with E-state index >= 15 is 0 Å². The number of methoxy groups -OCH3 is 1. The lowest BCUT2D eigenvalue weighted by molar-refractivity contribution is 0.419. The predicted molar refractivity (Wildman–Crippen MR) is 81.8 cm³/mol. The van der Waals surface area contributed by atoms with Gasteiger partial charge in [0, 0.05) is 11.9 Å². The molecule has 5 heteroatoms. The van der Waals surface area contributed by atoms with E-state index in [1.165, 1.54) is 0 Å². The zero-order valence-electron chi connectivity index (χ0n) is 11.4. The molecule has 0 aliphatic carbocycles. The van der Waals surface area contributed by atoms with Crippen molar-refractivity contribution in [2.45, 2.75) is 13.5 Å². The molecule has 1 N–H and O–H groups in total. The highest BCUT2D eigenvalue weighted by Crippen LogP contribution is 2.25. The number of ether oxygens (including phenoxy) is 1. The van der Waals surface area contributed by atoms with E-state index in [1.807, 2.05) is 37.4 Å². The average Bonchev–Trinajstić information content (AvgIpc) is 2.77. The number of rotatable bonds is 3. The van der Waals surface area contributed by atoms with Crippen molar-refractivity contribution < 1.29 is 4.74 Å². The molecule has 0 amide bonds. The first-order valence-electron chi connectivity index (χ1n) is 6.36. The maximum atomic E-state index is 5.42. The molecule has 0 bridgehead atoms. The Bertz CT molecular complexity index is 802. The zero-order valence-corrected chi connectivity index (χ0v) is 12.2. The Morgan fingerprint density at radius 2 is 2.15 bits per heavy atom. The number of pyridine rings is 1. The Morgan fingerprint density at radius 1 is 1.30 bits per heavy atom. The number of benzene rings is 1. The number of aromatic nitrogens is 3. The van der Waals surface area contributed by atoms with E-state index in [-0.39, 0.29) is 0 Å². The van der Waals surface area contributed by atoms with Crippen molar-refractivity contribution in [1.29, 1.82) is 0 Å². The van der Waals surface area contributed by atoms with Gasteiger partial charge in [0.1, 0.15) is 11.3 Å². The summed E-state index contributed by atoms with van der Waals surface area (Å²) in [6.45, 7) is 2.67. The SMILES string of the molecule is COc1cccc2c1[nH]c(=S)n2Cc1ccc(C)nc1. The van der Waals surface area contributed by atoms with E-state index in [9.17, 15) is 0 Å². The summed E-state index contributed by atoms with van der Waals surface area (Å²) in [7, 11) is 1.66. The molecule has 0 unspecified atom stereocenters. The molecule has 0 spiro atoms. The number of aromatic amines is 1. The Labute approximate surface area is 122 Å². The van der Waals surface area contributed by atoms with Gasteiger partial charge in [-0.25, -0.2) is 0 Å². The standard InChI is InChI=1S/C15H15N3OS/c1-10-6-7-11(8-16-10)9-18-12-4-3-5-13(19-2)14(12)17-15(18)20/h3-8H,9H2,1-2H3,(H,17,20). The number of H-pyrrole nitrogens is 1. The summed E-state index contributed by atoms with van der Waals surface area (Å²) < 4.78 is 8.10. The van der Waals surface area contributed by atoms with Gasteiger partial charge >= 0.3 is 0 Å². The van der Waals surface area contributed by atoms with Crippen molar-refractivity contribution in [3.8, 4) is 5.75 Å². The van der Waals surface area contributed by atoms with Gasteiger partial charge in [0.25, 0.3) is 0 Å². The smallest absolute Gasteiger partial charge is 0.178 e. The molecule has 0 radical (unpaired) electrons. The van der Waals surface area contributed by atoms with Crippen LogP contribution in [0.1, 0.15) is 11.3 Å². The molecule has 0 saturated heterocycles. The summed E-state index contributed by atoms with van der Waals surface area (Å²) in [5, 5.41) is 0. The van der Waals surface area contributed by atoms with E-state index in [2.05, 4.69) is 20.6 Å². The van der Waals surface area contributed by atoms with Crippen molar-refractivity contribution in [1.82, 2.24) is 14.5 Å². The number of imidazole rings is 1. The van der Waals surface area contributed by atoms with Gasteiger partial charge in [-0.15, -0.1) is 0 Å². The minimum absolute atomic E-state index is 0.685. The molecule has 20 heavy (non-hydrogen) atoms. The Kier molecular flexibility index (Phi) is 3.28. The third kappa shape index (κ3) is 2.20. The number of aryl methyl sites for hydroxylation is 1. The van der Waals surface area contributed by atoms with Gasteiger partial charge in [-0.1, -0.05) is 12.1 Å². The maximum Gasteiger partial charge on any atom is 0.178 e. The largest absolute Gasteiger partial charge is 0.494 e. The van der Waals surface area contributed by atoms with Crippen LogP contribution in [0.2, 0.25) is 0 Å². The fourth-order valence-corrected chi connectivity index (χ4v) is 2.52. The average molecular weight is 285 g/mol. The third-order valence-electron chi connectivity index (χ3n) is 3.31. The molecular formula is C15H15N3OS. The van der Waals surface area contributed by atoms with Crippen LogP contribution in [0.4, 0.5) is 0 Å². The van der Waals surface area contributed by atoms with E-state index in [1.54, 1.807) is 7.11 Å². The van der Waals surface area contributed by atoms with Crippen molar-refractivity contribution in [3.63, 3.8) is 0 Å². The van der Waals surface area contributed by atoms with Gasteiger partial charge < -0.3 is 14.3 Å². The summed E-state index contributed by atoms with van der Waals surface area (Å²) in [6, 6.07) is 10.0. The quantitative estimate of drug-likeness (QED) is 0.749. The second kappa shape index (κ2) is 5.09. The first-order chi connectivity index (χ1) is 9.69.